The topological polar surface area (TPSA) is 72.3 Å². The van der Waals surface area contributed by atoms with Gasteiger partial charge in [0.05, 0.1) is 5.69 Å². The first kappa shape index (κ1) is 8.31. The smallest absolute Gasteiger partial charge is 0.141 e. The van der Waals surface area contributed by atoms with Crippen LogP contribution in [0.4, 0.5) is 10.1 Å². The SMILES string of the molecule is Nc1c(O)cc(F)c2c1CCC2N. The van der Waals surface area contributed by atoms with E-state index >= 15 is 0 Å². The fraction of sp³-hybridized carbons (Fsp3) is 0.333. The summed E-state index contributed by atoms with van der Waals surface area (Å²) < 4.78 is 13.3. The predicted molar refractivity (Wildman–Crippen MR) is 47.7 cm³/mol. The van der Waals surface area contributed by atoms with Crippen LogP contribution in [0.15, 0.2) is 6.07 Å². The van der Waals surface area contributed by atoms with Crippen LogP contribution in [0.5, 0.6) is 5.75 Å². The maximum absolute atomic E-state index is 13.3. The minimum absolute atomic E-state index is 0.189. The van der Waals surface area contributed by atoms with Crippen molar-refractivity contribution >= 4 is 5.69 Å². The number of phenolic OH excluding ortho intramolecular Hbond substituents is 1. The molecular weight excluding hydrogens is 171 g/mol. The van der Waals surface area contributed by atoms with Crippen LogP contribution in [-0.4, -0.2) is 5.11 Å². The van der Waals surface area contributed by atoms with Crippen molar-refractivity contribution in [2.75, 3.05) is 5.73 Å². The number of halogens is 1. The van der Waals surface area contributed by atoms with Crippen molar-refractivity contribution in [1.29, 1.82) is 0 Å². The van der Waals surface area contributed by atoms with E-state index in [2.05, 4.69) is 0 Å². The van der Waals surface area contributed by atoms with E-state index in [-0.39, 0.29) is 17.5 Å². The minimum Gasteiger partial charge on any atom is -0.506 e. The third kappa shape index (κ3) is 1.06. The summed E-state index contributed by atoms with van der Waals surface area (Å²) >= 11 is 0. The largest absolute Gasteiger partial charge is 0.506 e. The number of nitrogens with two attached hydrogens (primary N) is 2. The molecule has 1 unspecified atom stereocenters. The quantitative estimate of drug-likeness (QED) is 0.415. The summed E-state index contributed by atoms with van der Waals surface area (Å²) in [6, 6.07) is 0.747. The van der Waals surface area contributed by atoms with Crippen molar-refractivity contribution in [3.8, 4) is 5.75 Å². The van der Waals surface area contributed by atoms with E-state index in [4.69, 9.17) is 11.5 Å². The van der Waals surface area contributed by atoms with E-state index in [1.807, 2.05) is 0 Å². The molecule has 13 heavy (non-hydrogen) atoms. The van der Waals surface area contributed by atoms with E-state index in [1.165, 1.54) is 0 Å². The second kappa shape index (κ2) is 2.60. The first-order valence-electron chi connectivity index (χ1n) is 4.16. The zero-order valence-electron chi connectivity index (χ0n) is 7.05. The van der Waals surface area contributed by atoms with Crippen molar-refractivity contribution in [2.24, 2.45) is 5.73 Å². The molecule has 0 radical (unpaired) electrons. The molecule has 0 fully saturated rings. The molecule has 1 aromatic carbocycles. The lowest BCUT2D eigenvalue weighted by Gasteiger charge is -2.09. The molecule has 5 N–H and O–H groups in total. The molecule has 1 aliphatic carbocycles. The van der Waals surface area contributed by atoms with Crippen molar-refractivity contribution in [3.05, 3.63) is 23.0 Å². The van der Waals surface area contributed by atoms with E-state index in [1.54, 1.807) is 0 Å². The highest BCUT2D eigenvalue weighted by Crippen LogP contribution is 2.39. The van der Waals surface area contributed by atoms with Gasteiger partial charge in [-0.2, -0.15) is 0 Å². The molecule has 0 heterocycles. The molecule has 0 amide bonds. The molecule has 0 saturated heterocycles. The lowest BCUT2D eigenvalue weighted by atomic mass is 10.1. The first-order chi connectivity index (χ1) is 6.11. The van der Waals surface area contributed by atoms with Crippen LogP contribution < -0.4 is 11.5 Å². The number of benzene rings is 1. The van der Waals surface area contributed by atoms with Crippen LogP contribution >= 0.6 is 0 Å². The number of anilines is 1. The van der Waals surface area contributed by atoms with Crippen molar-refractivity contribution in [1.82, 2.24) is 0 Å². The third-order valence-corrected chi connectivity index (χ3v) is 2.52. The molecule has 0 saturated carbocycles. The molecule has 0 bridgehead atoms. The Bertz CT molecular complexity index is 365. The van der Waals surface area contributed by atoms with Gasteiger partial charge in [0.1, 0.15) is 11.6 Å². The van der Waals surface area contributed by atoms with Gasteiger partial charge in [-0.3, -0.25) is 0 Å². The molecule has 0 aliphatic heterocycles. The fourth-order valence-corrected chi connectivity index (χ4v) is 1.83. The lowest BCUT2D eigenvalue weighted by Crippen LogP contribution is -2.08. The third-order valence-electron chi connectivity index (χ3n) is 2.52. The van der Waals surface area contributed by atoms with Gasteiger partial charge in [0.25, 0.3) is 0 Å². The number of hydrogen-bond donors (Lipinski definition) is 3. The predicted octanol–water partition coefficient (Wildman–Crippen LogP) is 1.06. The highest BCUT2D eigenvalue weighted by Gasteiger charge is 2.26. The summed E-state index contributed by atoms with van der Waals surface area (Å²) in [5, 5.41) is 9.24. The Morgan fingerprint density at radius 1 is 1.54 bits per heavy atom. The Balaban J connectivity index is 2.69. The first-order valence-corrected chi connectivity index (χ1v) is 4.16. The van der Waals surface area contributed by atoms with Crippen molar-refractivity contribution in [2.45, 2.75) is 18.9 Å². The van der Waals surface area contributed by atoms with Crippen LogP contribution in [0.1, 0.15) is 23.6 Å². The minimum atomic E-state index is -0.452. The number of phenols is 1. The van der Waals surface area contributed by atoms with Crippen LogP contribution in [0.2, 0.25) is 0 Å². The highest BCUT2D eigenvalue weighted by atomic mass is 19.1. The summed E-state index contributed by atoms with van der Waals surface area (Å²) in [4.78, 5) is 0. The molecule has 3 nitrogen and oxygen atoms in total. The lowest BCUT2D eigenvalue weighted by molar-refractivity contribution is 0.470. The van der Waals surface area contributed by atoms with E-state index in [9.17, 15) is 9.50 Å². The highest BCUT2D eigenvalue weighted by molar-refractivity contribution is 5.63. The standard InChI is InChI=1S/C9H11FN2O/c10-5-3-7(13)9(12)4-1-2-6(11)8(4)5/h3,6,13H,1-2,11-12H2. The molecule has 4 heteroatoms. The second-order valence-corrected chi connectivity index (χ2v) is 3.33. The Labute approximate surface area is 75.2 Å². The molecule has 0 aromatic heterocycles. The maximum Gasteiger partial charge on any atom is 0.141 e. The molecule has 1 aliphatic rings. The van der Waals surface area contributed by atoms with Gasteiger partial charge < -0.3 is 16.6 Å². The van der Waals surface area contributed by atoms with Gasteiger partial charge >= 0.3 is 0 Å². The van der Waals surface area contributed by atoms with Gasteiger partial charge in [-0.15, -0.1) is 0 Å². The summed E-state index contributed by atoms with van der Waals surface area (Å²) in [7, 11) is 0. The van der Waals surface area contributed by atoms with Gasteiger partial charge in [0.15, 0.2) is 0 Å². The average Bonchev–Trinajstić information content (AvgIpc) is 2.44. The number of aromatic hydroxyl groups is 1. The zero-order valence-corrected chi connectivity index (χ0v) is 7.05. The number of fused-ring (bicyclic) bond motifs is 1. The van der Waals surface area contributed by atoms with Crippen LogP contribution in [0, 0.1) is 5.82 Å². The van der Waals surface area contributed by atoms with Gasteiger partial charge in [-0.05, 0) is 18.4 Å². The Kier molecular flexibility index (Phi) is 1.66. The number of hydrogen-bond acceptors (Lipinski definition) is 3. The Morgan fingerprint density at radius 2 is 2.23 bits per heavy atom. The van der Waals surface area contributed by atoms with Crippen molar-refractivity contribution in [3.63, 3.8) is 0 Å². The van der Waals surface area contributed by atoms with Crippen LogP contribution in [-0.2, 0) is 6.42 Å². The molecule has 70 valence electrons. The van der Waals surface area contributed by atoms with Gasteiger partial charge in [-0.25, -0.2) is 4.39 Å². The van der Waals surface area contributed by atoms with E-state index in [0.717, 1.165) is 6.07 Å². The van der Waals surface area contributed by atoms with E-state index < -0.39 is 5.82 Å². The molecule has 2 rings (SSSR count). The number of nitrogen functional groups attached to an aromatic ring is 1. The fourth-order valence-electron chi connectivity index (χ4n) is 1.83. The molecule has 1 aromatic rings. The Hall–Kier alpha value is -1.29. The summed E-state index contributed by atoms with van der Waals surface area (Å²) in [5.74, 6) is -0.642. The van der Waals surface area contributed by atoms with Crippen LogP contribution in [0.25, 0.3) is 0 Å². The molecule has 0 spiro atoms. The molecule has 1 atom stereocenters. The average molecular weight is 182 g/mol. The zero-order chi connectivity index (χ0) is 9.59. The Morgan fingerprint density at radius 3 is 2.92 bits per heavy atom. The van der Waals surface area contributed by atoms with Gasteiger partial charge in [0.2, 0.25) is 0 Å². The van der Waals surface area contributed by atoms with E-state index in [0.29, 0.717) is 24.0 Å². The monoisotopic (exact) mass is 182 g/mol. The van der Waals surface area contributed by atoms with Gasteiger partial charge in [-0.1, -0.05) is 0 Å². The molecular formula is C9H11FN2O. The summed E-state index contributed by atoms with van der Waals surface area (Å²) in [6.45, 7) is 0. The normalized spacial score (nSPS) is 20.3. The second-order valence-electron chi connectivity index (χ2n) is 3.33. The van der Waals surface area contributed by atoms with Crippen molar-refractivity contribution < 1.29 is 9.50 Å². The van der Waals surface area contributed by atoms with Gasteiger partial charge in [0, 0.05) is 17.7 Å². The summed E-state index contributed by atoms with van der Waals surface area (Å²) in [6.07, 6.45) is 1.34. The van der Waals surface area contributed by atoms with Crippen LogP contribution in [0.3, 0.4) is 0 Å². The maximum atomic E-state index is 13.3. The number of rotatable bonds is 0. The summed E-state index contributed by atoms with van der Waals surface area (Å²) in [5.41, 5.74) is 12.7.